The second-order valence-electron chi connectivity index (χ2n) is 3.29. The van der Waals surface area contributed by atoms with Gasteiger partial charge >= 0.3 is 35.5 Å². The third-order valence-corrected chi connectivity index (χ3v) is 2.84. The van der Waals surface area contributed by atoms with Crippen LogP contribution in [0.5, 0.6) is 0 Å². The minimum absolute atomic E-state index is 0. The Labute approximate surface area is 132 Å². The van der Waals surface area contributed by atoms with Crippen LogP contribution in [0.1, 0.15) is 11.5 Å². The number of nitro groups is 1. The van der Waals surface area contributed by atoms with E-state index in [0.717, 1.165) is 17.8 Å². The third-order valence-electron chi connectivity index (χ3n) is 2.31. The predicted molar refractivity (Wildman–Crippen MR) is 60.1 cm³/mol. The van der Waals surface area contributed by atoms with Crippen molar-refractivity contribution in [1.29, 1.82) is 5.26 Å². The predicted octanol–water partition coefficient (Wildman–Crippen LogP) is -1.70. The van der Waals surface area contributed by atoms with Crippen molar-refractivity contribution in [2.24, 2.45) is 0 Å². The number of carboxylic acids is 1. The van der Waals surface area contributed by atoms with Crippen molar-refractivity contribution in [3.8, 4) is 6.07 Å². The number of nitrogens with zero attached hydrogens (tertiary/aromatic N) is 4. The first-order valence-corrected chi connectivity index (χ1v) is 5.31. The van der Waals surface area contributed by atoms with Crippen molar-refractivity contribution in [2.75, 3.05) is 0 Å². The summed E-state index contributed by atoms with van der Waals surface area (Å²) >= 11 is 0.731. The van der Waals surface area contributed by atoms with Gasteiger partial charge in [0.1, 0.15) is 5.52 Å². The van der Waals surface area contributed by atoms with E-state index in [2.05, 4.69) is 8.75 Å². The smallest absolute Gasteiger partial charge is 0.480 e. The Morgan fingerprint density at radius 2 is 2.11 bits per heavy atom. The summed E-state index contributed by atoms with van der Waals surface area (Å²) in [7, 11) is 0. The van der Waals surface area contributed by atoms with Crippen molar-refractivity contribution in [1.82, 2.24) is 8.75 Å². The van der Waals surface area contributed by atoms with Crippen molar-refractivity contribution >= 4 is 34.4 Å². The Kier molecular flexibility index (Phi) is 4.90. The van der Waals surface area contributed by atoms with E-state index in [-0.39, 0.29) is 51.8 Å². The first-order chi connectivity index (χ1) is 8.56. The van der Waals surface area contributed by atoms with E-state index in [1.54, 1.807) is 6.07 Å². The number of hydrogen-bond acceptors (Lipinski definition) is 7. The van der Waals surface area contributed by atoms with E-state index in [1.165, 1.54) is 6.07 Å². The maximum Gasteiger partial charge on any atom is 1.00 e. The molecule has 1 aromatic heterocycles. The molecule has 0 radical (unpaired) electrons. The molecule has 0 saturated carbocycles. The van der Waals surface area contributed by atoms with Crippen molar-refractivity contribution in [3.05, 3.63) is 27.8 Å². The molecule has 0 saturated heterocycles. The van der Waals surface area contributed by atoms with Crippen LogP contribution in [0.15, 0.2) is 12.1 Å². The molecule has 1 aromatic carbocycles. The number of hydrogen-bond donors (Lipinski definition) is 1. The van der Waals surface area contributed by atoms with E-state index in [4.69, 9.17) is 10.4 Å². The Hall–Kier alpha value is -1.60. The molecule has 90 valence electrons. The molecule has 0 aliphatic heterocycles. The van der Waals surface area contributed by atoms with Gasteiger partial charge in [0.2, 0.25) is 0 Å². The summed E-state index contributed by atoms with van der Waals surface area (Å²) in [6, 6.07) is 3.97. The first kappa shape index (κ1) is 15.5. The monoisotopic (exact) mass is 287 g/mol. The van der Waals surface area contributed by atoms with Crippen LogP contribution in [-0.4, -0.2) is 24.7 Å². The molecule has 2 aromatic rings. The third kappa shape index (κ3) is 2.71. The van der Waals surface area contributed by atoms with Gasteiger partial charge < -0.3 is 5.11 Å². The molecule has 10 heteroatoms. The Morgan fingerprint density at radius 3 is 2.63 bits per heavy atom. The average molecular weight is 287 g/mol. The summed E-state index contributed by atoms with van der Waals surface area (Å²) in [6.07, 6.45) is 0. The van der Waals surface area contributed by atoms with Gasteiger partial charge in [0, 0.05) is 11.6 Å². The van der Waals surface area contributed by atoms with E-state index in [9.17, 15) is 14.9 Å². The molecule has 19 heavy (non-hydrogen) atoms. The fraction of sp³-hybridized carbons (Fsp3) is 0.111. The molecule has 1 unspecified atom stereocenters. The number of aliphatic carboxylic acids is 1. The van der Waals surface area contributed by atoms with Crippen LogP contribution >= 0.6 is 11.7 Å². The van der Waals surface area contributed by atoms with Gasteiger partial charge in [-0.05, 0) is 6.07 Å². The zero-order chi connectivity index (χ0) is 13.3. The largest absolute Gasteiger partial charge is 1.00 e. The number of carbonyl (C=O) groups is 1. The summed E-state index contributed by atoms with van der Waals surface area (Å²) in [5, 5.41) is 28.5. The number of fused-ring (bicyclic) bond motifs is 1. The topological polar surface area (TPSA) is 130 Å². The molecule has 0 fully saturated rings. The van der Waals surface area contributed by atoms with Crippen molar-refractivity contribution in [3.63, 3.8) is 0 Å². The molecular formula is C9H4N4NaO4S+. The first-order valence-electron chi connectivity index (χ1n) is 4.58. The van der Waals surface area contributed by atoms with Crippen LogP contribution in [0.2, 0.25) is 0 Å². The number of benzene rings is 1. The van der Waals surface area contributed by atoms with Gasteiger partial charge in [-0.15, -0.1) is 0 Å². The van der Waals surface area contributed by atoms with Crippen molar-refractivity contribution in [2.45, 2.75) is 5.92 Å². The molecule has 1 N–H and O–H groups in total. The van der Waals surface area contributed by atoms with Crippen LogP contribution in [0.4, 0.5) is 5.69 Å². The molecule has 0 amide bonds. The van der Waals surface area contributed by atoms with Crippen LogP contribution in [0.3, 0.4) is 0 Å². The van der Waals surface area contributed by atoms with Gasteiger partial charge in [-0.3, -0.25) is 14.9 Å². The second kappa shape index (κ2) is 6.03. The van der Waals surface area contributed by atoms with E-state index >= 15 is 0 Å². The summed E-state index contributed by atoms with van der Waals surface area (Å²) in [5.74, 6) is -2.75. The van der Waals surface area contributed by atoms with Crippen LogP contribution in [0.25, 0.3) is 11.0 Å². The SMILES string of the molecule is N#CC(C(=O)O)c1ccc([N+](=O)[O-])c2nsnc12.[Na+]. The minimum atomic E-state index is -1.42. The number of nitriles is 1. The Balaban J connectivity index is 0.00000180. The zero-order valence-electron chi connectivity index (χ0n) is 9.60. The normalized spacial score (nSPS) is 11.3. The molecule has 0 bridgehead atoms. The average Bonchev–Trinajstić information content (AvgIpc) is 2.78. The number of carboxylic acid groups (broad SMARTS) is 1. The van der Waals surface area contributed by atoms with Crippen LogP contribution in [0, 0.1) is 21.4 Å². The Morgan fingerprint density at radius 1 is 1.47 bits per heavy atom. The number of aromatic nitrogens is 2. The molecule has 2 rings (SSSR count). The fourth-order valence-electron chi connectivity index (χ4n) is 1.51. The van der Waals surface area contributed by atoms with Crippen molar-refractivity contribution < 1.29 is 44.4 Å². The van der Waals surface area contributed by atoms with Gasteiger partial charge in [0.25, 0.3) is 5.69 Å². The summed E-state index contributed by atoms with van der Waals surface area (Å²) in [6.45, 7) is 0. The summed E-state index contributed by atoms with van der Waals surface area (Å²) in [4.78, 5) is 21.0. The molecule has 0 aliphatic carbocycles. The summed E-state index contributed by atoms with van der Waals surface area (Å²) in [5.41, 5.74) is -0.0592. The number of rotatable bonds is 3. The molecular weight excluding hydrogens is 283 g/mol. The van der Waals surface area contributed by atoms with E-state index in [1.807, 2.05) is 0 Å². The molecule has 1 atom stereocenters. The maximum absolute atomic E-state index is 10.9. The van der Waals surface area contributed by atoms with Crippen LogP contribution < -0.4 is 29.6 Å². The maximum atomic E-state index is 10.9. The molecule has 8 nitrogen and oxygen atoms in total. The standard InChI is InChI=1S/C9H4N4O4S.Na/c10-3-5(9(14)15)4-1-2-6(13(16)17)8-7(4)11-18-12-8;/h1-2,5H,(H,14,15);/q;+1. The minimum Gasteiger partial charge on any atom is -0.480 e. The van der Waals surface area contributed by atoms with Gasteiger partial charge in [-0.2, -0.15) is 14.0 Å². The summed E-state index contributed by atoms with van der Waals surface area (Å²) < 4.78 is 7.59. The molecule has 0 aliphatic rings. The number of nitro benzene ring substituents is 1. The van der Waals surface area contributed by atoms with Crippen LogP contribution in [-0.2, 0) is 4.79 Å². The van der Waals surface area contributed by atoms with Gasteiger partial charge in [-0.25, -0.2) is 0 Å². The molecule has 0 spiro atoms. The number of non-ortho nitro benzene ring substituents is 1. The van der Waals surface area contributed by atoms with E-state index in [0.29, 0.717) is 0 Å². The zero-order valence-corrected chi connectivity index (χ0v) is 12.4. The van der Waals surface area contributed by atoms with Gasteiger partial charge in [-0.1, -0.05) is 0 Å². The van der Waals surface area contributed by atoms with Gasteiger partial charge in [0.05, 0.1) is 22.7 Å². The Bertz CT molecular complexity index is 695. The molecule has 1 heterocycles. The fourth-order valence-corrected chi connectivity index (χ4v) is 2.09. The van der Waals surface area contributed by atoms with E-state index < -0.39 is 16.8 Å². The van der Waals surface area contributed by atoms with Gasteiger partial charge in [0.15, 0.2) is 11.4 Å². The quantitative estimate of drug-likeness (QED) is 0.404. The second-order valence-corrected chi connectivity index (χ2v) is 3.82.